The molecule has 32 heavy (non-hydrogen) atoms. The molecule has 2 aliphatic heterocycles. The fraction of sp³-hybridized carbons (Fsp3) is 0.625. The highest BCUT2D eigenvalue weighted by molar-refractivity contribution is 5.82. The van der Waals surface area contributed by atoms with Crippen molar-refractivity contribution in [3.8, 4) is 0 Å². The molecule has 2 heterocycles. The number of hydrogen-bond acceptors (Lipinski definition) is 3. The van der Waals surface area contributed by atoms with E-state index < -0.39 is 0 Å². The Labute approximate surface area is 189 Å². The van der Waals surface area contributed by atoms with Crippen molar-refractivity contribution in [2.75, 3.05) is 39.3 Å². The summed E-state index contributed by atoms with van der Waals surface area (Å²) in [6.45, 7) is 8.41. The van der Waals surface area contributed by atoms with Crippen LogP contribution in [0.5, 0.6) is 0 Å². The maximum absolute atomic E-state index is 13.8. The Balaban J connectivity index is 1.72. The highest BCUT2D eigenvalue weighted by Crippen LogP contribution is 2.35. The largest absolute Gasteiger partial charge is 0.339 e. The van der Waals surface area contributed by atoms with Crippen molar-refractivity contribution in [3.63, 3.8) is 0 Å². The molecule has 7 nitrogen and oxygen atoms in total. The molecule has 0 aliphatic carbocycles. The third kappa shape index (κ3) is 5.58. The molecule has 1 aromatic carbocycles. The van der Waals surface area contributed by atoms with Gasteiger partial charge in [-0.3, -0.25) is 9.59 Å². The lowest BCUT2D eigenvalue weighted by molar-refractivity contribution is -0.142. The quantitative estimate of drug-likeness (QED) is 0.707. The van der Waals surface area contributed by atoms with Crippen LogP contribution < -0.4 is 5.32 Å². The second-order valence-corrected chi connectivity index (χ2v) is 8.87. The number of piperidine rings is 1. The van der Waals surface area contributed by atoms with E-state index in [2.05, 4.69) is 12.2 Å². The monoisotopic (exact) mass is 446 g/mol. The molecule has 2 saturated heterocycles. The second kappa shape index (κ2) is 10.8. The van der Waals surface area contributed by atoms with Crippen molar-refractivity contribution in [1.29, 1.82) is 0 Å². The predicted molar refractivity (Wildman–Crippen MR) is 120 cm³/mol. The van der Waals surface area contributed by atoms with Crippen LogP contribution in [0.4, 0.5) is 9.18 Å². The minimum Gasteiger partial charge on any atom is -0.339 e. The average molecular weight is 447 g/mol. The standard InChI is InChI=1S/C24H35FN4O3/c1-4-5-10-26-24(32)29-16-20(23(31)28-13-11-27(12-14-28)18(3)30)7-9-22(29)19-6-8-21(25)17(2)15-19/h6,8,15,20,22H,4-5,7,9-14,16H2,1-3H3,(H,26,32)/t20-,22-/m0/s1. The lowest BCUT2D eigenvalue weighted by Gasteiger charge is -2.42. The maximum atomic E-state index is 13.8. The summed E-state index contributed by atoms with van der Waals surface area (Å²) in [5.74, 6) is -0.453. The number of carbonyl (C=O) groups excluding carboxylic acids is 3. The Bertz CT molecular complexity index is 839. The van der Waals surface area contributed by atoms with Gasteiger partial charge in [0.2, 0.25) is 11.8 Å². The number of rotatable bonds is 5. The molecule has 4 amide bonds. The number of amides is 4. The summed E-state index contributed by atoms with van der Waals surface area (Å²) in [4.78, 5) is 43.1. The van der Waals surface area contributed by atoms with Gasteiger partial charge in [0.25, 0.3) is 0 Å². The molecule has 0 unspecified atom stereocenters. The van der Waals surface area contributed by atoms with Gasteiger partial charge in [0, 0.05) is 46.2 Å². The lowest BCUT2D eigenvalue weighted by Crippen LogP contribution is -2.55. The van der Waals surface area contributed by atoms with Gasteiger partial charge in [0.1, 0.15) is 5.82 Å². The summed E-state index contributed by atoms with van der Waals surface area (Å²) in [5, 5.41) is 2.98. The third-order valence-corrected chi connectivity index (χ3v) is 6.60. The normalized spacial score (nSPS) is 21.4. The first-order valence-electron chi connectivity index (χ1n) is 11.7. The van der Waals surface area contributed by atoms with Gasteiger partial charge in [-0.05, 0) is 43.4 Å². The van der Waals surface area contributed by atoms with Crippen LogP contribution in [-0.2, 0) is 9.59 Å². The zero-order valence-corrected chi connectivity index (χ0v) is 19.4. The summed E-state index contributed by atoms with van der Waals surface area (Å²) >= 11 is 0. The number of unbranched alkanes of at least 4 members (excludes halogenated alkanes) is 1. The zero-order valence-electron chi connectivity index (χ0n) is 19.4. The van der Waals surface area contributed by atoms with E-state index in [0.717, 1.165) is 18.4 Å². The van der Waals surface area contributed by atoms with Crippen molar-refractivity contribution in [2.45, 2.75) is 52.5 Å². The molecule has 3 rings (SSSR count). The van der Waals surface area contributed by atoms with E-state index in [9.17, 15) is 18.8 Å². The molecular formula is C24H35FN4O3. The molecule has 0 radical (unpaired) electrons. The van der Waals surface area contributed by atoms with Crippen LogP contribution in [0.15, 0.2) is 18.2 Å². The van der Waals surface area contributed by atoms with Crippen LogP contribution >= 0.6 is 0 Å². The molecule has 8 heteroatoms. The summed E-state index contributed by atoms with van der Waals surface area (Å²) in [5.41, 5.74) is 1.45. The number of nitrogens with one attached hydrogen (secondary N) is 1. The number of hydrogen-bond donors (Lipinski definition) is 1. The number of halogens is 1. The lowest BCUT2D eigenvalue weighted by atomic mass is 9.87. The molecule has 176 valence electrons. The number of nitrogens with zero attached hydrogens (tertiary/aromatic N) is 3. The van der Waals surface area contributed by atoms with Crippen LogP contribution in [0, 0.1) is 18.7 Å². The SMILES string of the molecule is CCCCNC(=O)N1C[C@@H](C(=O)N2CCN(C(C)=O)CC2)CC[C@H]1c1ccc(F)c(C)c1. The fourth-order valence-corrected chi connectivity index (χ4v) is 4.59. The summed E-state index contributed by atoms with van der Waals surface area (Å²) < 4.78 is 13.8. The molecule has 0 spiro atoms. The Morgan fingerprint density at radius 1 is 1.09 bits per heavy atom. The Morgan fingerprint density at radius 2 is 1.78 bits per heavy atom. The zero-order chi connectivity index (χ0) is 23.3. The molecule has 2 fully saturated rings. The van der Waals surface area contributed by atoms with Gasteiger partial charge in [0.05, 0.1) is 12.0 Å². The van der Waals surface area contributed by atoms with Crippen molar-refractivity contribution in [3.05, 3.63) is 35.1 Å². The van der Waals surface area contributed by atoms with E-state index in [4.69, 9.17) is 0 Å². The molecule has 1 N–H and O–H groups in total. The number of benzene rings is 1. The van der Waals surface area contributed by atoms with Crippen molar-refractivity contribution >= 4 is 17.8 Å². The summed E-state index contributed by atoms with van der Waals surface area (Å²) in [6, 6.07) is 4.63. The van der Waals surface area contributed by atoms with Crippen molar-refractivity contribution < 1.29 is 18.8 Å². The molecule has 2 atom stereocenters. The van der Waals surface area contributed by atoms with Crippen LogP contribution in [0.3, 0.4) is 0 Å². The van der Waals surface area contributed by atoms with Crippen LogP contribution in [0.1, 0.15) is 56.7 Å². The van der Waals surface area contributed by atoms with Gasteiger partial charge in [-0.2, -0.15) is 0 Å². The van der Waals surface area contributed by atoms with Gasteiger partial charge in [-0.1, -0.05) is 25.5 Å². The van der Waals surface area contributed by atoms with E-state index in [1.165, 1.54) is 6.07 Å². The minimum absolute atomic E-state index is 0.0297. The Kier molecular flexibility index (Phi) is 8.10. The minimum atomic E-state index is -0.270. The first-order chi connectivity index (χ1) is 15.3. The van der Waals surface area contributed by atoms with Gasteiger partial charge in [-0.25, -0.2) is 9.18 Å². The summed E-state index contributed by atoms with van der Waals surface area (Å²) in [6.07, 6.45) is 3.19. The van der Waals surface area contributed by atoms with Gasteiger partial charge < -0.3 is 20.0 Å². The van der Waals surface area contributed by atoms with Crippen LogP contribution in [-0.4, -0.2) is 71.8 Å². The first-order valence-corrected chi connectivity index (χ1v) is 11.7. The third-order valence-electron chi connectivity index (χ3n) is 6.60. The number of aryl methyl sites for hydroxylation is 1. The van der Waals surface area contributed by atoms with Crippen molar-refractivity contribution in [2.24, 2.45) is 5.92 Å². The molecule has 2 aliphatic rings. The predicted octanol–water partition coefficient (Wildman–Crippen LogP) is 3.09. The van der Waals surface area contributed by atoms with Gasteiger partial charge in [0.15, 0.2) is 0 Å². The van der Waals surface area contributed by atoms with E-state index in [1.54, 1.807) is 35.8 Å². The van der Waals surface area contributed by atoms with Crippen molar-refractivity contribution in [1.82, 2.24) is 20.0 Å². The molecule has 0 bridgehead atoms. The number of urea groups is 1. The highest BCUT2D eigenvalue weighted by Gasteiger charge is 2.38. The molecule has 0 aromatic heterocycles. The van der Waals surface area contributed by atoms with Gasteiger partial charge >= 0.3 is 6.03 Å². The molecular weight excluding hydrogens is 411 g/mol. The van der Waals surface area contributed by atoms with Gasteiger partial charge in [-0.15, -0.1) is 0 Å². The first kappa shape index (κ1) is 24.0. The topological polar surface area (TPSA) is 73.0 Å². The Morgan fingerprint density at radius 3 is 2.41 bits per heavy atom. The van der Waals surface area contributed by atoms with Crippen LogP contribution in [0.25, 0.3) is 0 Å². The fourth-order valence-electron chi connectivity index (χ4n) is 4.59. The highest BCUT2D eigenvalue weighted by atomic mass is 19.1. The number of piperazine rings is 1. The maximum Gasteiger partial charge on any atom is 0.317 e. The molecule has 0 saturated carbocycles. The van der Waals surface area contributed by atoms with E-state index >= 15 is 0 Å². The van der Waals surface area contributed by atoms with E-state index in [0.29, 0.717) is 57.7 Å². The van der Waals surface area contributed by atoms with E-state index in [-0.39, 0.29) is 35.6 Å². The van der Waals surface area contributed by atoms with E-state index in [1.807, 2.05) is 4.90 Å². The summed E-state index contributed by atoms with van der Waals surface area (Å²) in [7, 11) is 0. The average Bonchev–Trinajstić information content (AvgIpc) is 2.80. The second-order valence-electron chi connectivity index (χ2n) is 8.87. The number of likely N-dealkylation sites (tertiary alicyclic amines) is 1. The Hall–Kier alpha value is -2.64. The molecule has 1 aromatic rings. The smallest absolute Gasteiger partial charge is 0.317 e. The van der Waals surface area contributed by atoms with Crippen LogP contribution in [0.2, 0.25) is 0 Å². The number of carbonyl (C=O) groups is 3.